The highest BCUT2D eigenvalue weighted by Crippen LogP contribution is 2.32. The first-order valence-corrected chi connectivity index (χ1v) is 6.97. The number of hydrogen-bond acceptors (Lipinski definition) is 4. The molecule has 2 aromatic rings. The lowest BCUT2D eigenvalue weighted by atomic mass is 10.1. The molecule has 2 rings (SSSR count). The minimum atomic E-state index is -0.193. The highest BCUT2D eigenvalue weighted by molar-refractivity contribution is 6.30. The zero-order valence-corrected chi connectivity index (χ0v) is 13.1. The molecule has 0 unspecified atom stereocenters. The van der Waals surface area contributed by atoms with Crippen molar-refractivity contribution >= 4 is 28.9 Å². The summed E-state index contributed by atoms with van der Waals surface area (Å²) in [6.45, 7) is 0. The first-order chi connectivity index (χ1) is 10.5. The van der Waals surface area contributed by atoms with Crippen LogP contribution >= 0.6 is 11.6 Å². The molecule has 6 heteroatoms. The van der Waals surface area contributed by atoms with E-state index in [9.17, 15) is 4.79 Å². The van der Waals surface area contributed by atoms with Crippen LogP contribution in [0.5, 0.6) is 11.5 Å². The Morgan fingerprint density at radius 3 is 2.50 bits per heavy atom. The van der Waals surface area contributed by atoms with Gasteiger partial charge < -0.3 is 20.5 Å². The summed E-state index contributed by atoms with van der Waals surface area (Å²) < 4.78 is 10.4. The lowest BCUT2D eigenvalue weighted by Gasteiger charge is -2.12. The Labute approximate surface area is 134 Å². The molecule has 0 fully saturated rings. The molecule has 22 heavy (non-hydrogen) atoms. The summed E-state index contributed by atoms with van der Waals surface area (Å²) in [5.74, 6) is 0.863. The van der Waals surface area contributed by atoms with Crippen molar-refractivity contribution in [1.29, 1.82) is 0 Å². The average molecular weight is 321 g/mol. The second kappa shape index (κ2) is 7.04. The Kier molecular flexibility index (Phi) is 5.12. The van der Waals surface area contributed by atoms with Gasteiger partial charge in [0.05, 0.1) is 20.6 Å². The summed E-state index contributed by atoms with van der Waals surface area (Å²) in [6, 6.07) is 10.3. The van der Waals surface area contributed by atoms with Crippen molar-refractivity contribution in [2.24, 2.45) is 0 Å². The number of nitrogens with one attached hydrogen (secondary N) is 1. The van der Waals surface area contributed by atoms with E-state index in [1.165, 1.54) is 14.2 Å². The zero-order chi connectivity index (χ0) is 16.1. The number of methoxy groups -OCH3 is 2. The Balaban J connectivity index is 2.14. The van der Waals surface area contributed by atoms with E-state index in [1.807, 2.05) is 0 Å². The van der Waals surface area contributed by atoms with Crippen LogP contribution in [0.15, 0.2) is 36.4 Å². The summed E-state index contributed by atoms with van der Waals surface area (Å²) in [6.07, 6.45) is 0.124. The number of halogens is 1. The molecule has 0 saturated carbocycles. The average Bonchev–Trinajstić information content (AvgIpc) is 2.48. The van der Waals surface area contributed by atoms with Gasteiger partial charge in [-0.05, 0) is 29.8 Å². The maximum Gasteiger partial charge on any atom is 0.228 e. The van der Waals surface area contributed by atoms with Crippen molar-refractivity contribution in [3.8, 4) is 11.5 Å². The van der Waals surface area contributed by atoms with Gasteiger partial charge in [-0.2, -0.15) is 0 Å². The molecule has 0 heterocycles. The highest BCUT2D eigenvalue weighted by atomic mass is 35.5. The van der Waals surface area contributed by atoms with Crippen molar-refractivity contribution in [3.05, 3.63) is 47.0 Å². The van der Waals surface area contributed by atoms with Crippen LogP contribution in [0.25, 0.3) is 0 Å². The van der Waals surface area contributed by atoms with E-state index in [0.717, 1.165) is 0 Å². The zero-order valence-electron chi connectivity index (χ0n) is 12.4. The number of amides is 1. The summed E-state index contributed by atoms with van der Waals surface area (Å²) >= 11 is 5.88. The van der Waals surface area contributed by atoms with Crippen molar-refractivity contribution in [2.75, 3.05) is 25.3 Å². The summed E-state index contributed by atoms with van der Waals surface area (Å²) in [7, 11) is 3.06. The molecule has 0 aliphatic heterocycles. The number of rotatable bonds is 5. The quantitative estimate of drug-likeness (QED) is 0.830. The minimum Gasteiger partial charge on any atom is -0.493 e. The van der Waals surface area contributed by atoms with Crippen LogP contribution in [0.1, 0.15) is 5.56 Å². The lowest BCUT2D eigenvalue weighted by Crippen LogP contribution is -2.15. The van der Waals surface area contributed by atoms with E-state index in [1.54, 1.807) is 36.4 Å². The molecule has 0 aliphatic rings. The van der Waals surface area contributed by atoms with Crippen molar-refractivity contribution < 1.29 is 14.3 Å². The standard InChI is InChI=1S/C16H17ClN2O3/c1-21-14-6-10(13(18)9-15(14)22-2)7-16(20)19-12-5-3-4-11(17)8-12/h3-6,8-9H,7,18H2,1-2H3,(H,19,20). The predicted molar refractivity (Wildman–Crippen MR) is 87.7 cm³/mol. The molecule has 0 saturated heterocycles. The molecule has 0 aliphatic carbocycles. The Morgan fingerprint density at radius 2 is 1.86 bits per heavy atom. The van der Waals surface area contributed by atoms with E-state index in [-0.39, 0.29) is 12.3 Å². The number of benzene rings is 2. The normalized spacial score (nSPS) is 10.1. The molecule has 0 spiro atoms. The van der Waals surface area contributed by atoms with Crippen LogP contribution in [-0.4, -0.2) is 20.1 Å². The molecular formula is C16H17ClN2O3. The maximum atomic E-state index is 12.1. The third kappa shape index (κ3) is 3.83. The van der Waals surface area contributed by atoms with Crippen molar-refractivity contribution in [2.45, 2.75) is 6.42 Å². The van der Waals surface area contributed by atoms with Gasteiger partial charge in [-0.3, -0.25) is 4.79 Å². The fraction of sp³-hybridized carbons (Fsp3) is 0.188. The molecule has 3 N–H and O–H groups in total. The van der Waals surface area contributed by atoms with Gasteiger partial charge in [0.15, 0.2) is 11.5 Å². The molecule has 0 atom stereocenters. The number of hydrogen-bond donors (Lipinski definition) is 2. The number of ether oxygens (including phenoxy) is 2. The number of anilines is 2. The summed E-state index contributed by atoms with van der Waals surface area (Å²) in [5.41, 5.74) is 7.72. The third-order valence-electron chi connectivity index (χ3n) is 3.10. The van der Waals surface area contributed by atoms with Crippen LogP contribution in [0, 0.1) is 0 Å². The van der Waals surface area contributed by atoms with E-state index >= 15 is 0 Å². The van der Waals surface area contributed by atoms with Gasteiger partial charge in [-0.1, -0.05) is 17.7 Å². The summed E-state index contributed by atoms with van der Waals surface area (Å²) in [5, 5.41) is 3.33. The van der Waals surface area contributed by atoms with E-state index in [2.05, 4.69) is 5.32 Å². The van der Waals surface area contributed by atoms with E-state index in [0.29, 0.717) is 33.5 Å². The predicted octanol–water partition coefficient (Wildman–Crippen LogP) is 3.12. The van der Waals surface area contributed by atoms with Gasteiger partial charge in [0.2, 0.25) is 5.91 Å². The van der Waals surface area contributed by atoms with Gasteiger partial charge in [0.1, 0.15) is 0 Å². The summed E-state index contributed by atoms with van der Waals surface area (Å²) in [4.78, 5) is 12.1. The Hall–Kier alpha value is -2.40. The fourth-order valence-corrected chi connectivity index (χ4v) is 2.22. The number of nitrogen functional groups attached to an aromatic ring is 1. The molecular weight excluding hydrogens is 304 g/mol. The number of carbonyl (C=O) groups is 1. The van der Waals surface area contributed by atoms with Crippen LogP contribution in [0.4, 0.5) is 11.4 Å². The van der Waals surface area contributed by atoms with Gasteiger partial charge in [0, 0.05) is 22.5 Å². The first-order valence-electron chi connectivity index (χ1n) is 6.59. The molecule has 116 valence electrons. The lowest BCUT2D eigenvalue weighted by molar-refractivity contribution is -0.115. The first kappa shape index (κ1) is 16.0. The van der Waals surface area contributed by atoms with Crippen LogP contribution in [-0.2, 0) is 11.2 Å². The van der Waals surface area contributed by atoms with Gasteiger partial charge in [0.25, 0.3) is 0 Å². The van der Waals surface area contributed by atoms with Crippen molar-refractivity contribution in [1.82, 2.24) is 0 Å². The number of nitrogens with two attached hydrogens (primary N) is 1. The number of carbonyl (C=O) groups excluding carboxylic acids is 1. The molecule has 0 aromatic heterocycles. The SMILES string of the molecule is COc1cc(N)c(CC(=O)Nc2cccc(Cl)c2)cc1OC. The van der Waals surface area contributed by atoms with Crippen LogP contribution < -0.4 is 20.5 Å². The third-order valence-corrected chi connectivity index (χ3v) is 3.34. The van der Waals surface area contributed by atoms with Gasteiger partial charge in [-0.25, -0.2) is 0 Å². The van der Waals surface area contributed by atoms with Gasteiger partial charge >= 0.3 is 0 Å². The second-order valence-electron chi connectivity index (χ2n) is 4.64. The smallest absolute Gasteiger partial charge is 0.228 e. The maximum absolute atomic E-state index is 12.1. The molecule has 5 nitrogen and oxygen atoms in total. The van der Waals surface area contributed by atoms with E-state index in [4.69, 9.17) is 26.8 Å². The monoisotopic (exact) mass is 320 g/mol. The highest BCUT2D eigenvalue weighted by Gasteiger charge is 2.12. The van der Waals surface area contributed by atoms with Crippen LogP contribution in [0.2, 0.25) is 5.02 Å². The van der Waals surface area contributed by atoms with Crippen molar-refractivity contribution in [3.63, 3.8) is 0 Å². The Morgan fingerprint density at radius 1 is 1.18 bits per heavy atom. The Bertz CT molecular complexity index is 689. The largest absolute Gasteiger partial charge is 0.493 e. The topological polar surface area (TPSA) is 73.6 Å². The minimum absolute atomic E-state index is 0.124. The molecule has 1 amide bonds. The second-order valence-corrected chi connectivity index (χ2v) is 5.08. The fourth-order valence-electron chi connectivity index (χ4n) is 2.03. The molecule has 0 radical (unpaired) electrons. The van der Waals surface area contributed by atoms with Gasteiger partial charge in [-0.15, -0.1) is 0 Å². The van der Waals surface area contributed by atoms with E-state index < -0.39 is 0 Å². The molecule has 0 bridgehead atoms. The molecule has 2 aromatic carbocycles. The van der Waals surface area contributed by atoms with Crippen LogP contribution in [0.3, 0.4) is 0 Å².